The maximum atomic E-state index is 13.2. The summed E-state index contributed by atoms with van der Waals surface area (Å²) in [5.41, 5.74) is 1.79. The van der Waals surface area contributed by atoms with Gasteiger partial charge in [-0.3, -0.25) is 4.98 Å². The van der Waals surface area contributed by atoms with E-state index in [1.807, 2.05) is 31.3 Å². The van der Waals surface area contributed by atoms with E-state index in [9.17, 15) is 4.39 Å². The molecule has 3 nitrogen and oxygen atoms in total. The summed E-state index contributed by atoms with van der Waals surface area (Å²) in [5.74, 6) is 0.438. The van der Waals surface area contributed by atoms with E-state index < -0.39 is 0 Å². The standard InChI is InChI=1S/C14H15FN2O/c1-16-14(11-6-12(15)9-17-8-11)10-4-3-5-13(7-10)18-2/h3-9,14,16H,1-2H3. The molecule has 94 valence electrons. The zero-order valence-electron chi connectivity index (χ0n) is 10.4. The highest BCUT2D eigenvalue weighted by Gasteiger charge is 2.13. The van der Waals surface area contributed by atoms with Crippen molar-refractivity contribution in [1.82, 2.24) is 10.3 Å². The highest BCUT2D eigenvalue weighted by molar-refractivity contribution is 5.35. The molecule has 1 aromatic carbocycles. The lowest BCUT2D eigenvalue weighted by Crippen LogP contribution is -2.18. The van der Waals surface area contributed by atoms with Crippen LogP contribution in [0.3, 0.4) is 0 Å². The summed E-state index contributed by atoms with van der Waals surface area (Å²) in [4.78, 5) is 3.87. The number of aromatic nitrogens is 1. The van der Waals surface area contributed by atoms with Crippen LogP contribution >= 0.6 is 0 Å². The highest BCUT2D eigenvalue weighted by atomic mass is 19.1. The molecule has 1 unspecified atom stereocenters. The Balaban J connectivity index is 2.38. The zero-order valence-corrected chi connectivity index (χ0v) is 10.4. The first-order valence-corrected chi connectivity index (χ1v) is 5.66. The van der Waals surface area contributed by atoms with E-state index in [0.29, 0.717) is 0 Å². The van der Waals surface area contributed by atoms with Gasteiger partial charge in [0.2, 0.25) is 0 Å². The van der Waals surface area contributed by atoms with Gasteiger partial charge in [0.15, 0.2) is 0 Å². The van der Waals surface area contributed by atoms with Crippen LogP contribution in [0, 0.1) is 5.82 Å². The number of ether oxygens (including phenoxy) is 1. The largest absolute Gasteiger partial charge is 0.497 e. The lowest BCUT2D eigenvalue weighted by atomic mass is 10.00. The molecule has 0 radical (unpaired) electrons. The maximum absolute atomic E-state index is 13.2. The van der Waals surface area contributed by atoms with Crippen molar-refractivity contribution in [3.8, 4) is 5.75 Å². The van der Waals surface area contributed by atoms with Gasteiger partial charge in [-0.1, -0.05) is 12.1 Å². The molecule has 0 aliphatic rings. The number of hydrogen-bond acceptors (Lipinski definition) is 3. The Bertz CT molecular complexity index is 531. The maximum Gasteiger partial charge on any atom is 0.141 e. The number of benzene rings is 1. The topological polar surface area (TPSA) is 34.2 Å². The van der Waals surface area contributed by atoms with Crippen LogP contribution in [0.1, 0.15) is 17.2 Å². The van der Waals surface area contributed by atoms with Gasteiger partial charge in [0.05, 0.1) is 19.3 Å². The van der Waals surface area contributed by atoms with Crippen molar-refractivity contribution in [1.29, 1.82) is 0 Å². The van der Waals surface area contributed by atoms with Gasteiger partial charge in [-0.2, -0.15) is 0 Å². The fourth-order valence-corrected chi connectivity index (χ4v) is 1.93. The predicted molar refractivity (Wildman–Crippen MR) is 68.1 cm³/mol. The minimum absolute atomic E-state index is 0.108. The lowest BCUT2D eigenvalue weighted by molar-refractivity contribution is 0.413. The van der Waals surface area contributed by atoms with Gasteiger partial charge in [0, 0.05) is 6.20 Å². The molecule has 18 heavy (non-hydrogen) atoms. The second-order valence-electron chi connectivity index (χ2n) is 3.93. The number of nitrogens with zero attached hydrogens (tertiary/aromatic N) is 1. The van der Waals surface area contributed by atoms with Crippen LogP contribution in [0.5, 0.6) is 5.75 Å². The van der Waals surface area contributed by atoms with Gasteiger partial charge >= 0.3 is 0 Å². The molecule has 4 heteroatoms. The molecular formula is C14H15FN2O. The second kappa shape index (κ2) is 5.60. The predicted octanol–water partition coefficient (Wildman–Crippen LogP) is 2.54. The molecule has 1 N–H and O–H groups in total. The van der Waals surface area contributed by atoms with E-state index in [-0.39, 0.29) is 11.9 Å². The molecule has 1 atom stereocenters. The number of rotatable bonds is 4. The van der Waals surface area contributed by atoms with E-state index in [2.05, 4.69) is 10.3 Å². The summed E-state index contributed by atoms with van der Waals surface area (Å²) in [6, 6.07) is 9.04. The Hall–Kier alpha value is -1.94. The smallest absolute Gasteiger partial charge is 0.141 e. The van der Waals surface area contributed by atoms with Crippen LogP contribution in [0.25, 0.3) is 0 Å². The molecule has 0 saturated carbocycles. The van der Waals surface area contributed by atoms with E-state index in [0.717, 1.165) is 16.9 Å². The Morgan fingerprint density at radius 3 is 2.72 bits per heavy atom. The average molecular weight is 246 g/mol. The minimum atomic E-state index is -0.337. The first-order chi connectivity index (χ1) is 8.74. The van der Waals surface area contributed by atoms with Crippen LogP contribution in [0.2, 0.25) is 0 Å². The molecule has 2 rings (SSSR count). The first kappa shape index (κ1) is 12.5. The molecule has 0 aliphatic heterocycles. The van der Waals surface area contributed by atoms with E-state index in [1.54, 1.807) is 13.3 Å². The quantitative estimate of drug-likeness (QED) is 0.900. The van der Waals surface area contributed by atoms with Crippen molar-refractivity contribution >= 4 is 0 Å². The third kappa shape index (κ3) is 2.65. The van der Waals surface area contributed by atoms with Crippen molar-refractivity contribution in [3.05, 3.63) is 59.7 Å². The molecule has 0 saturated heterocycles. The number of pyridine rings is 1. The summed E-state index contributed by atoms with van der Waals surface area (Å²) in [5, 5.41) is 3.15. The van der Waals surface area contributed by atoms with E-state index >= 15 is 0 Å². The van der Waals surface area contributed by atoms with E-state index in [1.165, 1.54) is 12.3 Å². The fourth-order valence-electron chi connectivity index (χ4n) is 1.93. The van der Waals surface area contributed by atoms with Gasteiger partial charge in [-0.25, -0.2) is 4.39 Å². The Morgan fingerprint density at radius 1 is 1.22 bits per heavy atom. The van der Waals surface area contributed by atoms with Crippen LogP contribution in [0.15, 0.2) is 42.7 Å². The molecule has 2 aromatic rings. The van der Waals surface area contributed by atoms with Gasteiger partial charge in [0.25, 0.3) is 0 Å². The summed E-state index contributed by atoms with van der Waals surface area (Å²) in [6.45, 7) is 0. The third-order valence-corrected chi connectivity index (χ3v) is 2.78. The molecule has 0 fully saturated rings. The molecule has 0 amide bonds. The lowest BCUT2D eigenvalue weighted by Gasteiger charge is -2.17. The number of nitrogens with one attached hydrogen (secondary N) is 1. The average Bonchev–Trinajstić information content (AvgIpc) is 2.40. The third-order valence-electron chi connectivity index (χ3n) is 2.78. The molecule has 0 spiro atoms. The molecule has 0 bridgehead atoms. The van der Waals surface area contributed by atoms with Gasteiger partial charge in [-0.15, -0.1) is 0 Å². The van der Waals surface area contributed by atoms with Gasteiger partial charge in [-0.05, 0) is 36.4 Å². The van der Waals surface area contributed by atoms with Gasteiger partial charge < -0.3 is 10.1 Å². The van der Waals surface area contributed by atoms with E-state index in [4.69, 9.17) is 4.74 Å². The van der Waals surface area contributed by atoms with Crippen molar-refractivity contribution in [2.45, 2.75) is 6.04 Å². The second-order valence-corrected chi connectivity index (χ2v) is 3.93. The molecule has 0 aliphatic carbocycles. The van der Waals surface area contributed by atoms with Crippen LogP contribution in [-0.2, 0) is 0 Å². The number of methoxy groups -OCH3 is 1. The first-order valence-electron chi connectivity index (χ1n) is 5.66. The Morgan fingerprint density at radius 2 is 2.06 bits per heavy atom. The minimum Gasteiger partial charge on any atom is -0.497 e. The molecule has 1 aromatic heterocycles. The summed E-state index contributed by atoms with van der Waals surface area (Å²) < 4.78 is 18.4. The van der Waals surface area contributed by atoms with Crippen molar-refractivity contribution < 1.29 is 9.13 Å². The van der Waals surface area contributed by atoms with Crippen LogP contribution in [0.4, 0.5) is 4.39 Å². The summed E-state index contributed by atoms with van der Waals surface area (Å²) in [7, 11) is 3.45. The van der Waals surface area contributed by atoms with Crippen molar-refractivity contribution in [2.75, 3.05) is 14.2 Å². The molecule has 1 heterocycles. The van der Waals surface area contributed by atoms with Crippen molar-refractivity contribution in [3.63, 3.8) is 0 Å². The normalized spacial score (nSPS) is 12.2. The summed E-state index contributed by atoms with van der Waals surface area (Å²) in [6.07, 6.45) is 2.85. The highest BCUT2D eigenvalue weighted by Crippen LogP contribution is 2.24. The number of halogens is 1. The fraction of sp³-hybridized carbons (Fsp3) is 0.214. The Kier molecular flexibility index (Phi) is 3.89. The monoisotopic (exact) mass is 246 g/mol. The molecular weight excluding hydrogens is 231 g/mol. The number of hydrogen-bond donors (Lipinski definition) is 1. The van der Waals surface area contributed by atoms with Gasteiger partial charge in [0.1, 0.15) is 11.6 Å². The SMILES string of the molecule is CNC(c1cncc(F)c1)c1cccc(OC)c1. The Labute approximate surface area is 106 Å². The summed E-state index contributed by atoms with van der Waals surface area (Å²) >= 11 is 0. The van der Waals surface area contributed by atoms with Crippen LogP contribution in [-0.4, -0.2) is 19.1 Å². The van der Waals surface area contributed by atoms with Crippen molar-refractivity contribution in [2.24, 2.45) is 0 Å². The zero-order chi connectivity index (χ0) is 13.0. The van der Waals surface area contributed by atoms with Crippen LogP contribution < -0.4 is 10.1 Å².